The molecular formula is C20H19N5OS. The maximum Gasteiger partial charge on any atom is 0.232 e. The second kappa shape index (κ2) is 6.41. The van der Waals surface area contributed by atoms with Crippen LogP contribution in [0.25, 0.3) is 0 Å². The number of hydrogen-bond donors (Lipinski definition) is 1. The van der Waals surface area contributed by atoms with E-state index in [0.29, 0.717) is 11.0 Å². The number of fused-ring (bicyclic) bond motifs is 1. The van der Waals surface area contributed by atoms with Gasteiger partial charge in [0, 0.05) is 34.8 Å². The Morgan fingerprint density at radius 1 is 1.22 bits per heavy atom. The van der Waals surface area contributed by atoms with Gasteiger partial charge in [0.2, 0.25) is 5.95 Å². The number of anilines is 2. The molecular weight excluding hydrogens is 358 g/mol. The molecule has 4 rings (SSSR count). The van der Waals surface area contributed by atoms with Crippen LogP contribution in [-0.4, -0.2) is 31.6 Å². The molecule has 1 atom stereocenters. The molecule has 0 bridgehead atoms. The van der Waals surface area contributed by atoms with E-state index in [9.17, 15) is 5.11 Å². The second-order valence-electron chi connectivity index (χ2n) is 7.30. The zero-order valence-electron chi connectivity index (χ0n) is 15.3. The standard InChI is InChI=1S/C20H19N5OS/c1-19(2)11-25(18-23-12-21-13-24-18)16-10-14(4-5-15(16)19)6-7-20(3,26)17-22-8-9-27-17/h4-5,8-10,12-13,26H,11H2,1-3H3. The Labute approximate surface area is 162 Å². The minimum atomic E-state index is -1.28. The molecule has 27 heavy (non-hydrogen) atoms. The summed E-state index contributed by atoms with van der Waals surface area (Å²) < 4.78 is 0. The maximum atomic E-state index is 10.6. The van der Waals surface area contributed by atoms with Crippen LogP contribution in [0.15, 0.2) is 42.4 Å². The van der Waals surface area contributed by atoms with Crippen molar-refractivity contribution in [1.29, 1.82) is 0 Å². The molecule has 1 N–H and O–H groups in total. The Morgan fingerprint density at radius 3 is 2.70 bits per heavy atom. The lowest BCUT2D eigenvalue weighted by Crippen LogP contribution is -2.26. The lowest BCUT2D eigenvalue weighted by Gasteiger charge is -2.20. The normalized spacial score (nSPS) is 17.0. The molecule has 0 amide bonds. The highest BCUT2D eigenvalue weighted by Gasteiger charge is 2.36. The summed E-state index contributed by atoms with van der Waals surface area (Å²) in [5.74, 6) is 6.65. The predicted octanol–water partition coefficient (Wildman–Crippen LogP) is 3.02. The van der Waals surface area contributed by atoms with Gasteiger partial charge in [0.1, 0.15) is 17.7 Å². The van der Waals surface area contributed by atoms with E-state index in [4.69, 9.17) is 0 Å². The van der Waals surface area contributed by atoms with Crippen molar-refractivity contribution in [3.63, 3.8) is 0 Å². The molecule has 1 aromatic carbocycles. The van der Waals surface area contributed by atoms with Crippen molar-refractivity contribution in [2.24, 2.45) is 0 Å². The molecule has 0 aliphatic carbocycles. The Bertz CT molecular complexity index is 1020. The molecule has 3 heterocycles. The Balaban J connectivity index is 1.72. The molecule has 0 radical (unpaired) electrons. The van der Waals surface area contributed by atoms with Crippen molar-refractivity contribution in [2.75, 3.05) is 11.4 Å². The predicted molar refractivity (Wildman–Crippen MR) is 105 cm³/mol. The number of hydrogen-bond acceptors (Lipinski definition) is 7. The van der Waals surface area contributed by atoms with E-state index in [1.807, 2.05) is 17.5 Å². The summed E-state index contributed by atoms with van der Waals surface area (Å²) in [7, 11) is 0. The highest BCUT2D eigenvalue weighted by atomic mass is 32.1. The summed E-state index contributed by atoms with van der Waals surface area (Å²) in [5.41, 5.74) is 1.77. The fourth-order valence-electron chi connectivity index (χ4n) is 3.23. The first-order valence-electron chi connectivity index (χ1n) is 8.56. The van der Waals surface area contributed by atoms with E-state index in [0.717, 1.165) is 17.8 Å². The van der Waals surface area contributed by atoms with Crippen LogP contribution < -0.4 is 4.90 Å². The van der Waals surface area contributed by atoms with Crippen molar-refractivity contribution in [3.8, 4) is 11.8 Å². The fourth-order valence-corrected chi connectivity index (χ4v) is 3.89. The van der Waals surface area contributed by atoms with Crippen LogP contribution in [0.3, 0.4) is 0 Å². The molecule has 0 saturated carbocycles. The number of aromatic nitrogens is 4. The van der Waals surface area contributed by atoms with Gasteiger partial charge in [0.05, 0.1) is 0 Å². The molecule has 0 saturated heterocycles. The molecule has 3 aromatic rings. The van der Waals surface area contributed by atoms with Gasteiger partial charge in [-0.15, -0.1) is 11.3 Å². The first kappa shape index (κ1) is 17.6. The van der Waals surface area contributed by atoms with Crippen molar-refractivity contribution in [1.82, 2.24) is 19.9 Å². The maximum absolute atomic E-state index is 10.6. The van der Waals surface area contributed by atoms with Crippen molar-refractivity contribution in [2.45, 2.75) is 31.8 Å². The summed E-state index contributed by atoms with van der Waals surface area (Å²) in [4.78, 5) is 18.7. The molecule has 136 valence electrons. The van der Waals surface area contributed by atoms with Crippen molar-refractivity contribution >= 4 is 23.0 Å². The third kappa shape index (κ3) is 3.29. The number of benzene rings is 1. The van der Waals surface area contributed by atoms with E-state index in [1.165, 1.54) is 29.6 Å². The zero-order chi connectivity index (χ0) is 19.1. The lowest BCUT2D eigenvalue weighted by molar-refractivity contribution is 0.122. The van der Waals surface area contributed by atoms with Gasteiger partial charge < -0.3 is 10.0 Å². The van der Waals surface area contributed by atoms with Crippen LogP contribution >= 0.6 is 11.3 Å². The molecule has 2 aromatic heterocycles. The SMILES string of the molecule is CC(O)(C#Cc1ccc2c(c1)N(c1ncncn1)CC2(C)C)c1nccs1. The molecule has 6 nitrogen and oxygen atoms in total. The van der Waals surface area contributed by atoms with E-state index in [-0.39, 0.29) is 5.41 Å². The van der Waals surface area contributed by atoms with Crippen LogP contribution in [-0.2, 0) is 11.0 Å². The van der Waals surface area contributed by atoms with E-state index in [2.05, 4.69) is 56.6 Å². The van der Waals surface area contributed by atoms with Crippen molar-refractivity contribution in [3.05, 3.63) is 58.6 Å². The zero-order valence-corrected chi connectivity index (χ0v) is 16.2. The average Bonchev–Trinajstić information content (AvgIpc) is 3.28. The summed E-state index contributed by atoms with van der Waals surface area (Å²) in [6.07, 6.45) is 4.67. The van der Waals surface area contributed by atoms with Crippen LogP contribution in [0, 0.1) is 11.8 Å². The van der Waals surface area contributed by atoms with Gasteiger partial charge in [-0.2, -0.15) is 0 Å². The minimum absolute atomic E-state index is 0.0275. The molecule has 1 aliphatic heterocycles. The van der Waals surface area contributed by atoms with Crippen LogP contribution in [0.2, 0.25) is 0 Å². The quantitative estimate of drug-likeness (QED) is 0.692. The van der Waals surface area contributed by atoms with Gasteiger partial charge in [0.25, 0.3) is 0 Å². The van der Waals surface area contributed by atoms with Gasteiger partial charge >= 0.3 is 0 Å². The van der Waals surface area contributed by atoms with Gasteiger partial charge in [-0.3, -0.25) is 0 Å². The minimum Gasteiger partial charge on any atom is -0.371 e. The average molecular weight is 377 g/mol. The first-order chi connectivity index (χ1) is 12.9. The third-order valence-electron chi connectivity index (χ3n) is 4.59. The monoisotopic (exact) mass is 377 g/mol. The van der Waals surface area contributed by atoms with E-state index >= 15 is 0 Å². The summed E-state index contributed by atoms with van der Waals surface area (Å²) >= 11 is 1.39. The molecule has 1 aliphatic rings. The lowest BCUT2D eigenvalue weighted by atomic mass is 9.86. The van der Waals surface area contributed by atoms with Gasteiger partial charge in [-0.25, -0.2) is 19.9 Å². The highest BCUT2D eigenvalue weighted by molar-refractivity contribution is 7.09. The van der Waals surface area contributed by atoms with E-state index < -0.39 is 5.60 Å². The second-order valence-corrected chi connectivity index (χ2v) is 8.19. The van der Waals surface area contributed by atoms with Crippen LogP contribution in [0.4, 0.5) is 11.6 Å². The Hall–Kier alpha value is -2.82. The smallest absolute Gasteiger partial charge is 0.232 e. The number of rotatable bonds is 2. The topological polar surface area (TPSA) is 75.0 Å². The molecule has 0 fully saturated rings. The van der Waals surface area contributed by atoms with Crippen LogP contribution in [0.1, 0.15) is 36.9 Å². The van der Waals surface area contributed by atoms with Crippen molar-refractivity contribution < 1.29 is 5.11 Å². The largest absolute Gasteiger partial charge is 0.371 e. The Morgan fingerprint density at radius 2 is 2.00 bits per heavy atom. The molecule has 0 spiro atoms. The summed E-state index contributed by atoms with van der Waals surface area (Å²) in [6.45, 7) is 6.84. The third-order valence-corrected chi connectivity index (χ3v) is 5.58. The summed E-state index contributed by atoms with van der Waals surface area (Å²) in [6, 6.07) is 6.11. The van der Waals surface area contributed by atoms with Gasteiger partial charge in [-0.05, 0) is 24.6 Å². The first-order valence-corrected chi connectivity index (χ1v) is 9.44. The Kier molecular flexibility index (Phi) is 4.17. The molecule has 1 unspecified atom stereocenters. The summed E-state index contributed by atoms with van der Waals surface area (Å²) in [5, 5.41) is 13.0. The van der Waals surface area contributed by atoms with Gasteiger partial charge in [-0.1, -0.05) is 31.8 Å². The van der Waals surface area contributed by atoms with Crippen LogP contribution in [0.5, 0.6) is 0 Å². The highest BCUT2D eigenvalue weighted by Crippen LogP contribution is 2.43. The fraction of sp³-hybridized carbons (Fsp3) is 0.300. The number of nitrogens with zero attached hydrogens (tertiary/aromatic N) is 5. The molecule has 7 heteroatoms. The number of thiazole rings is 1. The van der Waals surface area contributed by atoms with E-state index in [1.54, 1.807) is 13.1 Å². The number of aliphatic hydroxyl groups is 1. The van der Waals surface area contributed by atoms with Gasteiger partial charge in [0.15, 0.2) is 5.60 Å².